The summed E-state index contributed by atoms with van der Waals surface area (Å²) in [5.74, 6) is 1.23. The minimum atomic E-state index is 0.492. The van der Waals surface area contributed by atoms with Crippen molar-refractivity contribution < 1.29 is 9.15 Å². The zero-order chi connectivity index (χ0) is 14.3. The van der Waals surface area contributed by atoms with Gasteiger partial charge >= 0.3 is 0 Å². The summed E-state index contributed by atoms with van der Waals surface area (Å²) >= 11 is 0. The third-order valence-electron chi connectivity index (χ3n) is 3.33. The average molecular weight is 269 g/mol. The molecule has 0 saturated carbocycles. The lowest BCUT2D eigenvalue weighted by molar-refractivity contribution is 0.415. The van der Waals surface area contributed by atoms with Crippen LogP contribution in [0.2, 0.25) is 0 Å². The third kappa shape index (κ3) is 1.93. The molecule has 0 aliphatic carbocycles. The molecule has 4 N–H and O–H groups in total. The summed E-state index contributed by atoms with van der Waals surface area (Å²) < 4.78 is 10.9. The van der Waals surface area contributed by atoms with E-state index in [2.05, 4.69) is 4.98 Å². The fraction of sp³-hybridized carbons (Fsp3) is 0.133. The van der Waals surface area contributed by atoms with Crippen LogP contribution in [0.1, 0.15) is 5.56 Å². The number of nitrogen functional groups attached to an aromatic ring is 2. The van der Waals surface area contributed by atoms with Crippen LogP contribution in [0.25, 0.3) is 22.6 Å². The van der Waals surface area contributed by atoms with Crippen LogP contribution in [0.4, 0.5) is 11.4 Å². The van der Waals surface area contributed by atoms with Crippen molar-refractivity contribution in [1.29, 1.82) is 0 Å². The number of hydrogen-bond donors (Lipinski definition) is 2. The van der Waals surface area contributed by atoms with E-state index in [4.69, 9.17) is 20.6 Å². The monoisotopic (exact) mass is 269 g/mol. The van der Waals surface area contributed by atoms with Gasteiger partial charge in [0.15, 0.2) is 5.58 Å². The zero-order valence-electron chi connectivity index (χ0n) is 11.3. The lowest BCUT2D eigenvalue weighted by atomic mass is 10.1. The highest BCUT2D eigenvalue weighted by atomic mass is 16.5. The Morgan fingerprint density at radius 1 is 1.10 bits per heavy atom. The molecule has 0 bridgehead atoms. The van der Waals surface area contributed by atoms with E-state index in [1.807, 2.05) is 37.3 Å². The molecule has 5 heteroatoms. The van der Waals surface area contributed by atoms with E-state index in [1.54, 1.807) is 7.11 Å². The molecule has 0 radical (unpaired) electrons. The van der Waals surface area contributed by atoms with E-state index in [9.17, 15) is 0 Å². The third-order valence-corrected chi connectivity index (χ3v) is 3.33. The fourth-order valence-electron chi connectivity index (χ4n) is 2.04. The smallest absolute Gasteiger partial charge is 0.227 e. The van der Waals surface area contributed by atoms with Crippen molar-refractivity contribution in [1.82, 2.24) is 4.98 Å². The molecule has 2 aromatic carbocycles. The van der Waals surface area contributed by atoms with Crippen LogP contribution in [0.15, 0.2) is 34.7 Å². The molecule has 0 aliphatic rings. The van der Waals surface area contributed by atoms with Gasteiger partial charge in [0.25, 0.3) is 0 Å². The molecule has 0 atom stereocenters. The number of benzene rings is 2. The van der Waals surface area contributed by atoms with Gasteiger partial charge in [-0.3, -0.25) is 0 Å². The van der Waals surface area contributed by atoms with E-state index in [0.717, 1.165) is 22.4 Å². The lowest BCUT2D eigenvalue weighted by Crippen LogP contribution is -1.96. The minimum absolute atomic E-state index is 0.492. The van der Waals surface area contributed by atoms with Gasteiger partial charge in [-0.1, -0.05) is 0 Å². The van der Waals surface area contributed by atoms with Crippen molar-refractivity contribution in [2.75, 3.05) is 18.6 Å². The molecular formula is C15H15N3O2. The number of hydrogen-bond acceptors (Lipinski definition) is 5. The molecule has 3 aromatic rings. The van der Waals surface area contributed by atoms with E-state index < -0.39 is 0 Å². The van der Waals surface area contributed by atoms with Gasteiger partial charge in [-0.2, -0.15) is 0 Å². The number of aromatic nitrogens is 1. The molecule has 5 nitrogen and oxygen atoms in total. The Kier molecular flexibility index (Phi) is 2.75. The number of nitrogens with two attached hydrogens (primary N) is 2. The van der Waals surface area contributed by atoms with Crippen molar-refractivity contribution in [2.45, 2.75) is 6.92 Å². The molecule has 3 rings (SSSR count). The van der Waals surface area contributed by atoms with Crippen molar-refractivity contribution in [3.63, 3.8) is 0 Å². The van der Waals surface area contributed by atoms with Crippen LogP contribution in [0.5, 0.6) is 5.75 Å². The van der Waals surface area contributed by atoms with Crippen molar-refractivity contribution in [3.05, 3.63) is 35.9 Å². The molecule has 0 amide bonds. The van der Waals surface area contributed by atoms with Crippen LogP contribution in [-0.4, -0.2) is 12.1 Å². The van der Waals surface area contributed by atoms with Crippen LogP contribution >= 0.6 is 0 Å². The summed E-state index contributed by atoms with van der Waals surface area (Å²) in [5.41, 5.74) is 16.2. The van der Waals surface area contributed by atoms with Gasteiger partial charge in [-0.05, 0) is 36.8 Å². The van der Waals surface area contributed by atoms with Crippen molar-refractivity contribution >= 4 is 22.5 Å². The maximum absolute atomic E-state index is 5.93. The summed E-state index contributed by atoms with van der Waals surface area (Å²) in [6.07, 6.45) is 0. The van der Waals surface area contributed by atoms with Crippen molar-refractivity contribution in [2.24, 2.45) is 0 Å². The van der Waals surface area contributed by atoms with Gasteiger partial charge in [-0.15, -0.1) is 0 Å². The molecular weight excluding hydrogens is 254 g/mol. The van der Waals surface area contributed by atoms with Crippen LogP contribution < -0.4 is 16.2 Å². The zero-order valence-corrected chi connectivity index (χ0v) is 11.3. The summed E-state index contributed by atoms with van der Waals surface area (Å²) in [6.45, 7) is 1.88. The molecule has 1 heterocycles. The first-order valence-corrected chi connectivity index (χ1v) is 6.19. The molecule has 0 unspecified atom stereocenters. The molecule has 0 fully saturated rings. The van der Waals surface area contributed by atoms with Gasteiger partial charge in [0.1, 0.15) is 11.3 Å². The van der Waals surface area contributed by atoms with Gasteiger partial charge in [-0.25, -0.2) is 4.98 Å². The van der Waals surface area contributed by atoms with Crippen LogP contribution in [0, 0.1) is 6.92 Å². The first-order chi connectivity index (χ1) is 9.58. The average Bonchev–Trinajstić information content (AvgIpc) is 2.86. The highest BCUT2D eigenvalue weighted by Gasteiger charge is 2.11. The van der Waals surface area contributed by atoms with Crippen LogP contribution in [-0.2, 0) is 0 Å². The quantitative estimate of drug-likeness (QED) is 0.698. The normalized spacial score (nSPS) is 10.9. The topological polar surface area (TPSA) is 87.3 Å². The van der Waals surface area contributed by atoms with Gasteiger partial charge in [0.05, 0.1) is 7.11 Å². The minimum Gasteiger partial charge on any atom is -0.497 e. The maximum Gasteiger partial charge on any atom is 0.227 e. The van der Waals surface area contributed by atoms with Gasteiger partial charge < -0.3 is 20.6 Å². The molecule has 20 heavy (non-hydrogen) atoms. The maximum atomic E-state index is 5.93. The first-order valence-electron chi connectivity index (χ1n) is 6.19. The predicted octanol–water partition coefficient (Wildman–Crippen LogP) is 2.98. The number of methoxy groups -OCH3 is 1. The van der Waals surface area contributed by atoms with Crippen LogP contribution in [0.3, 0.4) is 0 Å². The largest absolute Gasteiger partial charge is 0.497 e. The second-order valence-electron chi connectivity index (χ2n) is 4.63. The van der Waals surface area contributed by atoms with Gasteiger partial charge in [0.2, 0.25) is 5.89 Å². The second kappa shape index (κ2) is 4.45. The number of rotatable bonds is 2. The van der Waals surface area contributed by atoms with Crippen molar-refractivity contribution in [3.8, 4) is 17.2 Å². The summed E-state index contributed by atoms with van der Waals surface area (Å²) in [4.78, 5) is 4.45. The summed E-state index contributed by atoms with van der Waals surface area (Å²) in [7, 11) is 1.61. The number of oxazole rings is 1. The van der Waals surface area contributed by atoms with E-state index in [-0.39, 0.29) is 0 Å². The summed E-state index contributed by atoms with van der Waals surface area (Å²) in [5, 5.41) is 0. The Bertz CT molecular complexity index is 770. The molecule has 0 aliphatic heterocycles. The van der Waals surface area contributed by atoms with E-state index in [1.165, 1.54) is 0 Å². The fourth-order valence-corrected chi connectivity index (χ4v) is 2.04. The van der Waals surface area contributed by atoms with E-state index in [0.29, 0.717) is 22.8 Å². The summed E-state index contributed by atoms with van der Waals surface area (Å²) in [6, 6.07) is 9.10. The molecule has 0 spiro atoms. The first kappa shape index (κ1) is 12.3. The van der Waals surface area contributed by atoms with E-state index >= 15 is 0 Å². The second-order valence-corrected chi connectivity index (χ2v) is 4.63. The van der Waals surface area contributed by atoms with Gasteiger partial charge in [0, 0.05) is 23.0 Å². The SMILES string of the molecule is COc1ccc2oc(-c3cc(N)c(C)c(N)c3)nc2c1. The Balaban J connectivity index is 2.14. The highest BCUT2D eigenvalue weighted by molar-refractivity contribution is 5.79. The molecule has 102 valence electrons. The Morgan fingerprint density at radius 2 is 1.80 bits per heavy atom. The number of fused-ring (bicyclic) bond motifs is 1. The number of anilines is 2. The predicted molar refractivity (Wildman–Crippen MR) is 79.6 cm³/mol. The highest BCUT2D eigenvalue weighted by Crippen LogP contribution is 2.31. The Labute approximate surface area is 116 Å². The number of nitrogens with zero attached hydrogens (tertiary/aromatic N) is 1. The Morgan fingerprint density at radius 3 is 2.45 bits per heavy atom. The molecule has 1 aromatic heterocycles. The standard InChI is InChI=1S/C15H15N3O2/c1-8-11(16)5-9(6-12(8)17)15-18-13-7-10(19-2)3-4-14(13)20-15/h3-7H,16-17H2,1-2H3. The molecule has 0 saturated heterocycles. The Hall–Kier alpha value is -2.69. The number of ether oxygens (including phenoxy) is 1. The lowest BCUT2D eigenvalue weighted by Gasteiger charge is -2.05.